The van der Waals surface area contributed by atoms with Crippen LogP contribution in [0.4, 0.5) is 13.3 Å². The fraction of sp³-hybridized carbons (Fsp3) is 1.00. The van der Waals surface area contributed by atoms with Gasteiger partial charge in [0.15, 0.2) is 0 Å². The highest BCUT2D eigenvalue weighted by Gasteiger charge is 2.33. The van der Waals surface area contributed by atoms with Gasteiger partial charge >= 0.3 is 16.0 Å². The van der Waals surface area contributed by atoms with E-state index in [1.807, 2.05) is 27.7 Å². The zero-order chi connectivity index (χ0) is 21.8. The van der Waals surface area contributed by atoms with E-state index >= 15 is 0 Å². The minimum Gasteiger partial charge on any atom is -0.211 e. The van der Waals surface area contributed by atoms with Crippen LogP contribution >= 0.6 is 0 Å². The Labute approximate surface area is 168 Å². The van der Waals surface area contributed by atoms with Gasteiger partial charge in [0.2, 0.25) is 0 Å². The van der Waals surface area contributed by atoms with Crippen molar-refractivity contribution in [3.63, 3.8) is 0 Å². The summed E-state index contributed by atoms with van der Waals surface area (Å²) in [6.07, 6.45) is 6.62. The zero-order valence-electron chi connectivity index (χ0n) is 17.3. The molecule has 0 aliphatic heterocycles. The second-order valence-electron chi connectivity index (χ2n) is 7.04. The third-order valence-corrected chi connectivity index (χ3v) is 8.02. The maximum Gasteiger partial charge on any atom is 0.346 e. The summed E-state index contributed by atoms with van der Waals surface area (Å²) in [7, 11) is -10.0. The summed E-state index contributed by atoms with van der Waals surface area (Å²) >= 11 is 0. The Kier molecular flexibility index (Phi) is 13.6. The molecule has 3 atom stereocenters. The van der Waals surface area contributed by atoms with Gasteiger partial charge in [-0.25, -0.2) is 4.21 Å². The number of hydrogen-bond acceptors (Lipinski definition) is 4. The number of rotatable bonds is 16. The molecule has 0 saturated carbocycles. The highest BCUT2D eigenvalue weighted by molar-refractivity contribution is 8.00. The smallest absolute Gasteiger partial charge is 0.211 e. The fourth-order valence-corrected chi connectivity index (χ4v) is 5.56. The van der Waals surface area contributed by atoms with E-state index in [0.717, 1.165) is 42.8 Å². The van der Waals surface area contributed by atoms with Gasteiger partial charge in [-0.05, 0) is 29.2 Å². The molecular formula is C17H35F3N2O4S2. The van der Waals surface area contributed by atoms with Crippen molar-refractivity contribution in [2.75, 3.05) is 13.1 Å². The lowest BCUT2D eigenvalue weighted by atomic mass is 9.97. The zero-order valence-corrected chi connectivity index (χ0v) is 18.9. The van der Waals surface area contributed by atoms with E-state index in [1.54, 1.807) is 0 Å². The number of halogens is 3. The fourth-order valence-electron chi connectivity index (χ4n) is 2.92. The minimum absolute atomic E-state index is 0.00232. The monoisotopic (exact) mass is 452 g/mol. The van der Waals surface area contributed by atoms with Crippen molar-refractivity contribution in [1.29, 1.82) is 0 Å². The largest absolute Gasteiger partial charge is 0.346 e. The molecular weight excluding hydrogens is 417 g/mol. The van der Waals surface area contributed by atoms with Crippen molar-refractivity contribution in [1.82, 2.24) is 4.31 Å². The van der Waals surface area contributed by atoms with Crippen molar-refractivity contribution in [3.05, 3.63) is 0 Å². The van der Waals surface area contributed by atoms with Gasteiger partial charge in [0.25, 0.3) is 10.0 Å². The average Bonchev–Trinajstić information content (AvgIpc) is 2.65. The molecule has 0 bridgehead atoms. The highest BCUT2D eigenvalue weighted by atomic mass is 32.3. The molecule has 0 aliphatic rings. The van der Waals surface area contributed by atoms with Crippen LogP contribution in [0, 0.1) is 11.8 Å². The molecule has 0 N–H and O–H groups in total. The number of hydrogen-bond donors (Lipinski definition) is 0. The molecule has 28 heavy (non-hydrogen) atoms. The lowest BCUT2D eigenvalue weighted by Crippen LogP contribution is -2.38. The molecule has 170 valence electrons. The Bertz CT molecular complexity index is 620. The molecule has 0 radical (unpaired) electrons. The average molecular weight is 453 g/mol. The quantitative estimate of drug-likeness (QED) is 0.311. The number of alkyl halides is 2. The standard InChI is InChI=1S/C17H35F3N2O4S2/c1-5-9-11-15(7-3)13-22(14-16(8-4)12-10-6-2)28(24,25)21-27(23,26-20)17(18)19/h15-17H,5-14H2,1-4H3. The SMILES string of the molecule is CCCCC(CC)CN(CC(CC)CCCC)S(=O)(=O)N=S(=O)(OF)C(F)F. The Balaban J connectivity index is 5.85. The first-order chi connectivity index (χ1) is 13.1. The normalized spacial score (nSPS) is 16.9. The van der Waals surface area contributed by atoms with Crippen LogP contribution in [-0.2, 0) is 24.6 Å². The molecule has 0 amide bonds. The predicted molar refractivity (Wildman–Crippen MR) is 106 cm³/mol. The molecule has 11 heteroatoms. The van der Waals surface area contributed by atoms with Gasteiger partial charge in [-0.15, -0.1) is 0 Å². The first-order valence-electron chi connectivity index (χ1n) is 9.95. The van der Waals surface area contributed by atoms with Crippen LogP contribution in [0.5, 0.6) is 0 Å². The number of unbranched alkanes of at least 4 members (excludes halogenated alkanes) is 2. The third kappa shape index (κ3) is 9.41. The van der Waals surface area contributed by atoms with Crippen LogP contribution in [-0.4, -0.2) is 35.8 Å². The summed E-state index contributed by atoms with van der Waals surface area (Å²) in [5.74, 6) is -3.87. The lowest BCUT2D eigenvalue weighted by molar-refractivity contribution is -0.000824. The van der Waals surface area contributed by atoms with Gasteiger partial charge in [-0.3, -0.25) is 0 Å². The highest BCUT2D eigenvalue weighted by Crippen LogP contribution is 2.24. The molecule has 3 unspecified atom stereocenters. The Morgan fingerprint density at radius 2 is 1.32 bits per heavy atom. The molecule has 0 aromatic rings. The summed E-state index contributed by atoms with van der Waals surface area (Å²) in [6, 6.07) is 0. The van der Waals surface area contributed by atoms with E-state index in [4.69, 9.17) is 0 Å². The van der Waals surface area contributed by atoms with Crippen LogP contribution in [0.25, 0.3) is 0 Å². The Morgan fingerprint density at radius 3 is 1.61 bits per heavy atom. The lowest BCUT2D eigenvalue weighted by Gasteiger charge is -2.28. The molecule has 0 spiro atoms. The first kappa shape index (κ1) is 27.6. The van der Waals surface area contributed by atoms with Crippen molar-refractivity contribution >= 4 is 20.2 Å². The molecule has 6 nitrogen and oxygen atoms in total. The topological polar surface area (TPSA) is 76.0 Å². The first-order valence-corrected chi connectivity index (χ1v) is 12.9. The van der Waals surface area contributed by atoms with Gasteiger partial charge in [0.05, 0.1) is 0 Å². The Morgan fingerprint density at radius 1 is 0.893 bits per heavy atom. The second kappa shape index (κ2) is 13.8. The van der Waals surface area contributed by atoms with E-state index in [1.165, 1.54) is 0 Å². The van der Waals surface area contributed by atoms with Gasteiger partial charge in [0.1, 0.15) is 0 Å². The molecule has 0 aromatic heterocycles. The van der Waals surface area contributed by atoms with Gasteiger partial charge in [0, 0.05) is 13.1 Å². The van der Waals surface area contributed by atoms with Crippen LogP contribution in [0.3, 0.4) is 0 Å². The maximum atomic E-state index is 12.9. The summed E-state index contributed by atoms with van der Waals surface area (Å²) in [4.78, 5) is 0. The van der Waals surface area contributed by atoms with Crippen LogP contribution in [0.15, 0.2) is 3.77 Å². The molecule has 0 fully saturated rings. The molecule has 0 rings (SSSR count). The van der Waals surface area contributed by atoms with Crippen molar-refractivity contribution in [2.45, 2.75) is 84.8 Å². The van der Waals surface area contributed by atoms with Crippen LogP contribution in [0.1, 0.15) is 79.1 Å². The second-order valence-corrected chi connectivity index (χ2v) is 10.6. The van der Waals surface area contributed by atoms with E-state index in [9.17, 15) is 25.9 Å². The van der Waals surface area contributed by atoms with E-state index in [2.05, 4.69) is 8.16 Å². The van der Waals surface area contributed by atoms with E-state index in [-0.39, 0.29) is 24.9 Å². The molecule has 0 aromatic carbocycles. The van der Waals surface area contributed by atoms with Crippen LogP contribution < -0.4 is 0 Å². The van der Waals surface area contributed by atoms with Gasteiger partial charge < -0.3 is 0 Å². The van der Waals surface area contributed by atoms with Crippen molar-refractivity contribution in [2.24, 2.45) is 15.6 Å². The third-order valence-electron chi connectivity index (χ3n) is 4.85. The Hall–Kier alpha value is -0.390. The van der Waals surface area contributed by atoms with E-state index in [0.29, 0.717) is 12.8 Å². The molecule has 0 saturated heterocycles. The summed E-state index contributed by atoms with van der Waals surface area (Å²) < 4.78 is 81.6. The summed E-state index contributed by atoms with van der Waals surface area (Å²) in [6.45, 7) is 8.01. The van der Waals surface area contributed by atoms with Crippen molar-refractivity contribution < 1.29 is 30.3 Å². The summed E-state index contributed by atoms with van der Waals surface area (Å²) in [5.41, 5.74) is 0. The predicted octanol–water partition coefficient (Wildman–Crippen LogP) is 5.47. The van der Waals surface area contributed by atoms with Crippen molar-refractivity contribution in [3.8, 4) is 0 Å². The molecule has 0 aliphatic carbocycles. The van der Waals surface area contributed by atoms with E-state index < -0.39 is 26.0 Å². The maximum absolute atomic E-state index is 12.9. The minimum atomic E-state index is -5.27. The number of nitrogens with zero attached hydrogens (tertiary/aromatic N) is 2. The van der Waals surface area contributed by atoms with Gasteiger partial charge in [-0.1, -0.05) is 74.4 Å². The molecule has 0 heterocycles. The summed E-state index contributed by atoms with van der Waals surface area (Å²) in [5, 5.41) is 0. The van der Waals surface area contributed by atoms with Crippen LogP contribution in [0.2, 0.25) is 0 Å². The van der Waals surface area contributed by atoms with Gasteiger partial charge in [-0.2, -0.15) is 21.5 Å².